The lowest BCUT2D eigenvalue weighted by molar-refractivity contribution is 0.175. The van der Waals surface area contributed by atoms with Crippen molar-refractivity contribution in [2.45, 2.75) is 50.6 Å². The molecule has 0 aromatic carbocycles. The molecule has 2 rings (SSSR count). The third-order valence-electron chi connectivity index (χ3n) is 4.01. The molecule has 1 fully saturated rings. The second kappa shape index (κ2) is 6.87. The molecular weight excluding hydrogens is 290 g/mol. The fraction of sp³-hybridized carbons (Fsp3) is 0.769. The highest BCUT2D eigenvalue weighted by molar-refractivity contribution is 7.89. The first-order chi connectivity index (χ1) is 9.95. The molecule has 0 radical (unpaired) electrons. The minimum absolute atomic E-state index is 0.0995. The minimum atomic E-state index is -3.57. The van der Waals surface area contributed by atoms with Gasteiger partial charge in [-0.05, 0) is 39.8 Å². The Bertz CT molecular complexity index is 563. The summed E-state index contributed by atoms with van der Waals surface area (Å²) in [5.74, 6) is 0. The van der Waals surface area contributed by atoms with Gasteiger partial charge >= 0.3 is 0 Å². The minimum Gasteiger partial charge on any atom is -0.325 e. The van der Waals surface area contributed by atoms with Crippen LogP contribution in [0.2, 0.25) is 0 Å². The van der Waals surface area contributed by atoms with E-state index >= 15 is 0 Å². The van der Waals surface area contributed by atoms with E-state index in [-0.39, 0.29) is 17.5 Å². The Labute approximate surface area is 126 Å². The molecule has 8 heteroatoms. The van der Waals surface area contributed by atoms with Gasteiger partial charge in [0.05, 0.1) is 11.4 Å². The van der Waals surface area contributed by atoms with Gasteiger partial charge in [0, 0.05) is 19.1 Å². The Morgan fingerprint density at radius 1 is 1.38 bits per heavy atom. The van der Waals surface area contributed by atoms with Crippen molar-refractivity contribution in [1.29, 1.82) is 0 Å². The van der Waals surface area contributed by atoms with Crippen LogP contribution in [-0.4, -0.2) is 49.2 Å². The number of aromatic amines is 1. The standard InChI is InChI=1S/C13H25N5O2S/c1-10(18-6-4-3-5-7-18)9-15-21(19,20)13-11(2)16-17-12(13)8-14/h10,15H,3-9,14H2,1-2H3,(H,16,17). The number of nitrogens with zero attached hydrogens (tertiary/aromatic N) is 2. The number of nitrogens with one attached hydrogen (secondary N) is 2. The van der Waals surface area contributed by atoms with Crippen molar-refractivity contribution in [1.82, 2.24) is 19.8 Å². The second-order valence-electron chi connectivity index (χ2n) is 5.63. The van der Waals surface area contributed by atoms with Crippen molar-refractivity contribution in [3.63, 3.8) is 0 Å². The summed E-state index contributed by atoms with van der Waals surface area (Å²) in [4.78, 5) is 2.52. The topological polar surface area (TPSA) is 104 Å². The molecule has 0 bridgehead atoms. The summed E-state index contributed by atoms with van der Waals surface area (Å²) in [7, 11) is -3.57. The van der Waals surface area contributed by atoms with Crippen LogP contribution in [0.4, 0.5) is 0 Å². The van der Waals surface area contributed by atoms with E-state index in [1.54, 1.807) is 6.92 Å². The van der Waals surface area contributed by atoms with Crippen LogP contribution >= 0.6 is 0 Å². The zero-order valence-electron chi connectivity index (χ0n) is 12.7. The molecule has 0 saturated carbocycles. The molecule has 0 aliphatic carbocycles. The average molecular weight is 315 g/mol. The SMILES string of the molecule is Cc1[nH]nc(CN)c1S(=O)(=O)NCC(C)N1CCCCC1. The summed E-state index contributed by atoms with van der Waals surface area (Å²) in [5.41, 5.74) is 6.45. The molecule has 7 nitrogen and oxygen atoms in total. The molecule has 1 aliphatic heterocycles. The van der Waals surface area contributed by atoms with Crippen LogP contribution in [0.25, 0.3) is 0 Å². The lowest BCUT2D eigenvalue weighted by atomic mass is 10.1. The van der Waals surface area contributed by atoms with Crippen LogP contribution in [0, 0.1) is 6.92 Å². The normalized spacial score (nSPS) is 18.8. The number of H-pyrrole nitrogens is 1. The Balaban J connectivity index is 2.02. The van der Waals surface area contributed by atoms with Gasteiger partial charge in [-0.3, -0.25) is 10.00 Å². The van der Waals surface area contributed by atoms with E-state index in [0.29, 0.717) is 17.9 Å². The maximum atomic E-state index is 12.4. The van der Waals surface area contributed by atoms with Crippen LogP contribution in [0.15, 0.2) is 4.90 Å². The first-order valence-electron chi connectivity index (χ1n) is 7.43. The lowest BCUT2D eigenvalue weighted by Crippen LogP contribution is -2.44. The Morgan fingerprint density at radius 2 is 2.05 bits per heavy atom. The van der Waals surface area contributed by atoms with Gasteiger partial charge in [0.25, 0.3) is 0 Å². The van der Waals surface area contributed by atoms with Crippen LogP contribution in [-0.2, 0) is 16.6 Å². The quantitative estimate of drug-likeness (QED) is 0.702. The van der Waals surface area contributed by atoms with Gasteiger partial charge in [0.1, 0.15) is 4.90 Å². The summed E-state index contributed by atoms with van der Waals surface area (Å²) in [6.45, 7) is 6.33. The summed E-state index contributed by atoms with van der Waals surface area (Å²) < 4.78 is 27.6. The number of aromatic nitrogens is 2. The van der Waals surface area contributed by atoms with E-state index in [0.717, 1.165) is 13.1 Å². The van der Waals surface area contributed by atoms with Crippen LogP contribution < -0.4 is 10.5 Å². The summed E-state index contributed by atoms with van der Waals surface area (Å²) in [6, 6.07) is 0.189. The van der Waals surface area contributed by atoms with Gasteiger partial charge in [-0.15, -0.1) is 0 Å². The van der Waals surface area contributed by atoms with Crippen molar-refractivity contribution < 1.29 is 8.42 Å². The molecule has 1 atom stereocenters. The number of rotatable bonds is 6. The highest BCUT2D eigenvalue weighted by Gasteiger charge is 2.25. The Hall–Kier alpha value is -0.960. The van der Waals surface area contributed by atoms with Gasteiger partial charge in [-0.1, -0.05) is 6.42 Å². The average Bonchev–Trinajstić information content (AvgIpc) is 2.87. The van der Waals surface area contributed by atoms with Crippen molar-refractivity contribution >= 4 is 10.0 Å². The highest BCUT2D eigenvalue weighted by atomic mass is 32.2. The number of nitrogens with two attached hydrogens (primary N) is 1. The second-order valence-corrected chi connectivity index (χ2v) is 7.33. The summed E-state index contributed by atoms with van der Waals surface area (Å²) >= 11 is 0. The van der Waals surface area contributed by atoms with Crippen LogP contribution in [0.1, 0.15) is 37.6 Å². The van der Waals surface area contributed by atoms with Gasteiger partial charge in [-0.2, -0.15) is 5.10 Å². The van der Waals surface area contributed by atoms with E-state index in [2.05, 4.69) is 26.7 Å². The number of likely N-dealkylation sites (tertiary alicyclic amines) is 1. The molecule has 120 valence electrons. The number of aryl methyl sites for hydroxylation is 1. The van der Waals surface area contributed by atoms with Crippen molar-refractivity contribution in [2.75, 3.05) is 19.6 Å². The predicted molar refractivity (Wildman–Crippen MR) is 81.3 cm³/mol. The molecule has 1 unspecified atom stereocenters. The van der Waals surface area contributed by atoms with E-state index in [4.69, 9.17) is 5.73 Å². The summed E-state index contributed by atoms with van der Waals surface area (Å²) in [5, 5.41) is 6.62. The van der Waals surface area contributed by atoms with Crippen molar-refractivity contribution in [2.24, 2.45) is 5.73 Å². The first-order valence-corrected chi connectivity index (χ1v) is 8.91. The fourth-order valence-corrected chi connectivity index (χ4v) is 4.25. The molecule has 0 spiro atoms. The highest BCUT2D eigenvalue weighted by Crippen LogP contribution is 2.17. The maximum absolute atomic E-state index is 12.4. The summed E-state index contributed by atoms with van der Waals surface area (Å²) in [6.07, 6.45) is 3.65. The molecule has 4 N–H and O–H groups in total. The Morgan fingerprint density at radius 3 is 2.67 bits per heavy atom. The number of hydrogen-bond acceptors (Lipinski definition) is 5. The van der Waals surface area contributed by atoms with Crippen LogP contribution in [0.5, 0.6) is 0 Å². The Kier molecular flexibility index (Phi) is 5.37. The smallest absolute Gasteiger partial charge is 0.244 e. The van der Waals surface area contributed by atoms with E-state index in [1.807, 2.05) is 0 Å². The fourth-order valence-electron chi connectivity index (χ4n) is 2.76. The van der Waals surface area contributed by atoms with Crippen molar-refractivity contribution in [3.05, 3.63) is 11.4 Å². The molecule has 0 amide bonds. The van der Waals surface area contributed by atoms with Gasteiger partial charge in [0.2, 0.25) is 10.0 Å². The lowest BCUT2D eigenvalue weighted by Gasteiger charge is -2.32. The zero-order valence-corrected chi connectivity index (χ0v) is 13.5. The van der Waals surface area contributed by atoms with Crippen molar-refractivity contribution in [3.8, 4) is 0 Å². The third-order valence-corrected chi connectivity index (χ3v) is 5.63. The first kappa shape index (κ1) is 16.4. The zero-order chi connectivity index (χ0) is 15.5. The molecule has 1 aromatic rings. The molecule has 2 heterocycles. The van der Waals surface area contributed by atoms with Crippen LogP contribution in [0.3, 0.4) is 0 Å². The molecule has 1 saturated heterocycles. The molecule has 1 aromatic heterocycles. The monoisotopic (exact) mass is 315 g/mol. The van der Waals surface area contributed by atoms with E-state index < -0.39 is 10.0 Å². The number of hydrogen-bond donors (Lipinski definition) is 3. The van der Waals surface area contributed by atoms with E-state index in [9.17, 15) is 8.42 Å². The molecule has 21 heavy (non-hydrogen) atoms. The van der Waals surface area contributed by atoms with Gasteiger partial charge in [-0.25, -0.2) is 13.1 Å². The van der Waals surface area contributed by atoms with Gasteiger partial charge < -0.3 is 5.73 Å². The maximum Gasteiger partial charge on any atom is 0.244 e. The third kappa shape index (κ3) is 3.82. The van der Waals surface area contributed by atoms with Gasteiger partial charge in [0.15, 0.2) is 0 Å². The number of piperidine rings is 1. The number of sulfonamides is 1. The molecule has 1 aliphatic rings. The van der Waals surface area contributed by atoms with E-state index in [1.165, 1.54) is 19.3 Å². The predicted octanol–water partition coefficient (Wildman–Crippen LogP) is 0.330. The largest absolute Gasteiger partial charge is 0.325 e. The molecular formula is C13H25N5O2S.